The molecule has 2 heteroatoms. The van der Waals surface area contributed by atoms with Crippen molar-refractivity contribution in [3.8, 4) is 0 Å². The Bertz CT molecular complexity index is 153. The molecule has 0 saturated heterocycles. The summed E-state index contributed by atoms with van der Waals surface area (Å²) in [5.74, 6) is 0.859. The molecule has 0 heterocycles. The largest absolute Gasteiger partial charge is 0.392 e. The predicted octanol–water partition coefficient (Wildman–Crippen LogP) is 2.71. The van der Waals surface area contributed by atoms with E-state index in [0.717, 1.165) is 12.5 Å². The smallest absolute Gasteiger partial charge is 0.0636 e. The van der Waals surface area contributed by atoms with Gasteiger partial charge in [-0.05, 0) is 32.1 Å². The first-order valence-electron chi connectivity index (χ1n) is 6.65. The molecule has 0 radical (unpaired) electrons. The number of aliphatic hydroxyl groups excluding tert-OH is 1. The maximum Gasteiger partial charge on any atom is 0.0636 e. The average Bonchev–Trinajstić information content (AvgIpc) is 2.25. The van der Waals surface area contributed by atoms with E-state index in [9.17, 15) is 5.11 Å². The summed E-state index contributed by atoms with van der Waals surface area (Å²) in [4.78, 5) is 0. The lowest BCUT2D eigenvalue weighted by Crippen LogP contribution is -2.40. The number of hydrogen-bond acceptors (Lipinski definition) is 2. The molecule has 90 valence electrons. The quantitative estimate of drug-likeness (QED) is 0.711. The minimum Gasteiger partial charge on any atom is -0.392 e. The fourth-order valence-corrected chi connectivity index (χ4v) is 2.67. The molecular formula is C13H27NO. The molecule has 0 amide bonds. The molecule has 2 atom stereocenters. The van der Waals surface area contributed by atoms with Crippen molar-refractivity contribution in [3.05, 3.63) is 0 Å². The van der Waals surface area contributed by atoms with Crippen molar-refractivity contribution in [2.75, 3.05) is 6.54 Å². The van der Waals surface area contributed by atoms with Crippen LogP contribution in [0.1, 0.15) is 58.8 Å². The lowest BCUT2D eigenvalue weighted by molar-refractivity contribution is 0.170. The second-order valence-electron chi connectivity index (χ2n) is 5.05. The molecule has 0 aromatic carbocycles. The first kappa shape index (κ1) is 13.0. The minimum absolute atomic E-state index is 0.215. The summed E-state index contributed by atoms with van der Waals surface area (Å²) in [5, 5.41) is 12.8. The van der Waals surface area contributed by atoms with E-state index < -0.39 is 0 Å². The van der Waals surface area contributed by atoms with E-state index in [1.807, 2.05) is 6.92 Å². The van der Waals surface area contributed by atoms with Gasteiger partial charge in [0.25, 0.3) is 0 Å². The second kappa shape index (κ2) is 7.24. The van der Waals surface area contributed by atoms with Gasteiger partial charge in [0.05, 0.1) is 6.10 Å². The van der Waals surface area contributed by atoms with Crippen molar-refractivity contribution in [1.29, 1.82) is 0 Å². The van der Waals surface area contributed by atoms with E-state index in [-0.39, 0.29) is 6.10 Å². The average molecular weight is 213 g/mol. The van der Waals surface area contributed by atoms with Crippen molar-refractivity contribution in [3.63, 3.8) is 0 Å². The highest BCUT2D eigenvalue weighted by atomic mass is 16.3. The lowest BCUT2D eigenvalue weighted by atomic mass is 9.82. The molecule has 1 saturated carbocycles. The van der Waals surface area contributed by atoms with Crippen LogP contribution in [-0.4, -0.2) is 23.8 Å². The second-order valence-corrected chi connectivity index (χ2v) is 5.05. The zero-order valence-electron chi connectivity index (χ0n) is 10.3. The number of hydrogen-bond donors (Lipinski definition) is 2. The highest BCUT2D eigenvalue weighted by molar-refractivity contribution is 4.79. The zero-order valence-corrected chi connectivity index (χ0v) is 10.3. The van der Waals surface area contributed by atoms with Gasteiger partial charge in [0.15, 0.2) is 0 Å². The van der Waals surface area contributed by atoms with Gasteiger partial charge in [-0.25, -0.2) is 0 Å². The molecule has 1 unspecified atom stereocenters. The van der Waals surface area contributed by atoms with Gasteiger partial charge in [-0.15, -0.1) is 0 Å². The highest BCUT2D eigenvalue weighted by Gasteiger charge is 2.22. The van der Waals surface area contributed by atoms with Gasteiger partial charge in [-0.1, -0.05) is 32.6 Å². The molecule has 1 aliphatic carbocycles. The maximum absolute atomic E-state index is 9.31. The predicted molar refractivity (Wildman–Crippen MR) is 65.0 cm³/mol. The molecule has 0 bridgehead atoms. The van der Waals surface area contributed by atoms with Gasteiger partial charge in [0.1, 0.15) is 0 Å². The van der Waals surface area contributed by atoms with Crippen LogP contribution in [0.3, 0.4) is 0 Å². The summed E-state index contributed by atoms with van der Waals surface area (Å²) in [6, 6.07) is 0.643. The zero-order chi connectivity index (χ0) is 11.1. The summed E-state index contributed by atoms with van der Waals surface area (Å²) in [6.07, 6.45) is 9.29. The van der Waals surface area contributed by atoms with Crippen LogP contribution < -0.4 is 5.32 Å². The standard InChI is InChI=1S/C13H27NO/c1-3-7-13(14-10-11(2)15)12-8-5-4-6-9-12/h11-15H,3-10H2,1-2H3/t11-,13?/m1/s1. The van der Waals surface area contributed by atoms with Crippen molar-refractivity contribution >= 4 is 0 Å². The Kier molecular flexibility index (Phi) is 6.26. The van der Waals surface area contributed by atoms with Crippen LogP contribution >= 0.6 is 0 Å². The van der Waals surface area contributed by atoms with Crippen LogP contribution in [0, 0.1) is 5.92 Å². The molecule has 0 aromatic heterocycles. The molecule has 0 aromatic rings. The minimum atomic E-state index is -0.215. The van der Waals surface area contributed by atoms with Crippen LogP contribution in [0.15, 0.2) is 0 Å². The van der Waals surface area contributed by atoms with Crippen molar-refractivity contribution in [2.45, 2.75) is 70.9 Å². The maximum atomic E-state index is 9.31. The molecule has 1 rings (SSSR count). The number of aliphatic hydroxyl groups is 1. The lowest BCUT2D eigenvalue weighted by Gasteiger charge is -2.31. The Morgan fingerprint density at radius 1 is 1.27 bits per heavy atom. The monoisotopic (exact) mass is 213 g/mol. The molecule has 1 fully saturated rings. The van der Waals surface area contributed by atoms with E-state index >= 15 is 0 Å². The molecule has 2 N–H and O–H groups in total. The van der Waals surface area contributed by atoms with E-state index in [1.54, 1.807) is 0 Å². The molecule has 1 aliphatic rings. The Labute approximate surface area is 94.5 Å². The Balaban J connectivity index is 2.33. The van der Waals surface area contributed by atoms with Crippen LogP contribution in [0.25, 0.3) is 0 Å². The first-order chi connectivity index (χ1) is 7.24. The Morgan fingerprint density at radius 2 is 1.93 bits per heavy atom. The first-order valence-corrected chi connectivity index (χ1v) is 6.65. The van der Waals surface area contributed by atoms with Crippen LogP contribution in [0.4, 0.5) is 0 Å². The SMILES string of the molecule is CCCC(NC[C@@H](C)O)C1CCCCC1. The van der Waals surface area contributed by atoms with Gasteiger partial charge in [0.2, 0.25) is 0 Å². The fourth-order valence-electron chi connectivity index (χ4n) is 2.67. The third-order valence-electron chi connectivity index (χ3n) is 3.49. The summed E-state index contributed by atoms with van der Waals surface area (Å²) in [5.41, 5.74) is 0. The highest BCUT2D eigenvalue weighted by Crippen LogP contribution is 2.28. The van der Waals surface area contributed by atoms with Crippen LogP contribution in [-0.2, 0) is 0 Å². The van der Waals surface area contributed by atoms with Crippen molar-refractivity contribution in [2.24, 2.45) is 5.92 Å². The fraction of sp³-hybridized carbons (Fsp3) is 1.00. The Morgan fingerprint density at radius 3 is 2.47 bits per heavy atom. The summed E-state index contributed by atoms with van der Waals surface area (Å²) in [7, 11) is 0. The van der Waals surface area contributed by atoms with Gasteiger partial charge in [-0.2, -0.15) is 0 Å². The van der Waals surface area contributed by atoms with E-state index in [4.69, 9.17) is 0 Å². The topological polar surface area (TPSA) is 32.3 Å². The van der Waals surface area contributed by atoms with Crippen molar-refractivity contribution in [1.82, 2.24) is 5.32 Å². The number of nitrogens with one attached hydrogen (secondary N) is 1. The summed E-state index contributed by atoms with van der Waals surface area (Å²) >= 11 is 0. The molecule has 2 nitrogen and oxygen atoms in total. The van der Waals surface area contributed by atoms with E-state index in [1.165, 1.54) is 44.9 Å². The molecule has 0 aliphatic heterocycles. The van der Waals surface area contributed by atoms with Crippen LogP contribution in [0.2, 0.25) is 0 Å². The van der Waals surface area contributed by atoms with Crippen molar-refractivity contribution < 1.29 is 5.11 Å². The molecule has 0 spiro atoms. The third-order valence-corrected chi connectivity index (χ3v) is 3.49. The summed E-state index contributed by atoms with van der Waals surface area (Å²) < 4.78 is 0. The molecule has 15 heavy (non-hydrogen) atoms. The van der Waals surface area contributed by atoms with Crippen LogP contribution in [0.5, 0.6) is 0 Å². The van der Waals surface area contributed by atoms with Gasteiger partial charge in [-0.3, -0.25) is 0 Å². The Hall–Kier alpha value is -0.0800. The third kappa shape index (κ3) is 4.98. The normalized spacial score (nSPS) is 22.6. The van der Waals surface area contributed by atoms with Gasteiger partial charge < -0.3 is 10.4 Å². The summed E-state index contributed by atoms with van der Waals surface area (Å²) in [6.45, 7) is 4.86. The van der Waals surface area contributed by atoms with E-state index in [0.29, 0.717) is 6.04 Å². The van der Waals surface area contributed by atoms with Gasteiger partial charge >= 0.3 is 0 Å². The number of rotatable bonds is 6. The molecular weight excluding hydrogens is 186 g/mol. The van der Waals surface area contributed by atoms with E-state index in [2.05, 4.69) is 12.2 Å². The van der Waals surface area contributed by atoms with Gasteiger partial charge in [0, 0.05) is 12.6 Å².